The molecule has 0 radical (unpaired) electrons. The molecule has 1 amide bonds. The summed E-state index contributed by atoms with van der Waals surface area (Å²) >= 11 is 0. The van der Waals surface area contributed by atoms with Crippen molar-refractivity contribution in [2.45, 2.75) is 25.4 Å². The van der Waals surface area contributed by atoms with Crippen LogP contribution in [0.25, 0.3) is 0 Å². The minimum absolute atomic E-state index is 0.0348. The van der Waals surface area contributed by atoms with Gasteiger partial charge in [-0.05, 0) is 44.0 Å². The molecule has 7 nitrogen and oxygen atoms in total. The number of carbonyl (C=O) groups is 1. The Hall–Kier alpha value is -2.54. The molecule has 0 bridgehead atoms. The van der Waals surface area contributed by atoms with E-state index < -0.39 is 0 Å². The van der Waals surface area contributed by atoms with Gasteiger partial charge in [-0.2, -0.15) is 5.10 Å². The van der Waals surface area contributed by atoms with Crippen LogP contribution >= 0.6 is 0 Å². The largest absolute Gasteiger partial charge is 0.371 e. The minimum Gasteiger partial charge on any atom is -0.371 e. The molecule has 1 spiro atoms. The highest BCUT2D eigenvalue weighted by Gasteiger charge is 2.41. The highest BCUT2D eigenvalue weighted by molar-refractivity contribution is 5.94. The molecule has 4 rings (SSSR count). The van der Waals surface area contributed by atoms with Crippen molar-refractivity contribution in [3.8, 4) is 0 Å². The van der Waals surface area contributed by atoms with Crippen molar-refractivity contribution in [2.24, 2.45) is 0 Å². The van der Waals surface area contributed by atoms with Crippen LogP contribution in [0, 0.1) is 6.92 Å². The monoisotopic (exact) mass is 353 g/mol. The summed E-state index contributed by atoms with van der Waals surface area (Å²) in [4.78, 5) is 20.9. The predicted molar refractivity (Wildman–Crippen MR) is 97.0 cm³/mol. The van der Waals surface area contributed by atoms with Crippen LogP contribution in [-0.2, 0) is 4.74 Å². The number of aromatic nitrogens is 3. The summed E-state index contributed by atoms with van der Waals surface area (Å²) in [6, 6.07) is 7.61. The highest BCUT2D eigenvalue weighted by atomic mass is 16.5. The number of piperidine rings is 1. The van der Waals surface area contributed by atoms with E-state index in [4.69, 9.17) is 4.74 Å². The molecule has 2 aromatic rings. The summed E-state index contributed by atoms with van der Waals surface area (Å²) in [5.74, 6) is 0.942. The SMILES string of the molecule is Cc1ccc(N2CCC3(CC2)CN(C(=O)c2cccnc2)CCO3)nn1. The Morgan fingerprint density at radius 1 is 1.15 bits per heavy atom. The summed E-state index contributed by atoms with van der Waals surface area (Å²) in [7, 11) is 0. The van der Waals surface area contributed by atoms with E-state index in [1.165, 1.54) is 0 Å². The Labute approximate surface area is 153 Å². The number of amides is 1. The Bertz CT molecular complexity index is 757. The standard InChI is InChI=1S/C19H23N5O2/c1-15-4-5-17(22-21-15)23-9-6-19(7-10-23)14-24(11-12-26-19)18(25)16-3-2-8-20-13-16/h2-5,8,13H,6-7,9-12,14H2,1H3. The minimum atomic E-state index is -0.259. The average Bonchev–Trinajstić information content (AvgIpc) is 2.70. The van der Waals surface area contributed by atoms with Crippen molar-refractivity contribution in [2.75, 3.05) is 37.7 Å². The summed E-state index contributed by atoms with van der Waals surface area (Å²) in [6.07, 6.45) is 5.06. The quantitative estimate of drug-likeness (QED) is 0.818. The fraction of sp³-hybridized carbons (Fsp3) is 0.474. The van der Waals surface area contributed by atoms with Crippen LogP contribution in [-0.4, -0.2) is 64.4 Å². The predicted octanol–water partition coefficient (Wildman–Crippen LogP) is 1.69. The molecule has 0 aliphatic carbocycles. The van der Waals surface area contributed by atoms with E-state index in [0.717, 1.165) is 37.4 Å². The smallest absolute Gasteiger partial charge is 0.255 e. The second kappa shape index (κ2) is 6.99. The summed E-state index contributed by atoms with van der Waals surface area (Å²) < 4.78 is 6.15. The summed E-state index contributed by atoms with van der Waals surface area (Å²) in [6.45, 7) is 5.48. The van der Waals surface area contributed by atoms with Crippen molar-refractivity contribution in [1.82, 2.24) is 20.1 Å². The Balaban J connectivity index is 1.42. The van der Waals surface area contributed by atoms with Crippen molar-refractivity contribution in [3.63, 3.8) is 0 Å². The molecule has 2 saturated heterocycles. The third-order valence-corrected chi connectivity index (χ3v) is 5.23. The van der Waals surface area contributed by atoms with E-state index in [2.05, 4.69) is 20.1 Å². The van der Waals surface area contributed by atoms with Crippen LogP contribution in [0.3, 0.4) is 0 Å². The van der Waals surface area contributed by atoms with Crippen LogP contribution in [0.15, 0.2) is 36.7 Å². The Morgan fingerprint density at radius 2 is 2.00 bits per heavy atom. The van der Waals surface area contributed by atoms with E-state index in [-0.39, 0.29) is 11.5 Å². The third kappa shape index (κ3) is 3.39. The first-order chi connectivity index (χ1) is 12.7. The first-order valence-corrected chi connectivity index (χ1v) is 9.04. The van der Waals surface area contributed by atoms with Gasteiger partial charge in [-0.1, -0.05) is 0 Å². The molecule has 0 atom stereocenters. The van der Waals surface area contributed by atoms with Gasteiger partial charge in [-0.15, -0.1) is 5.10 Å². The number of pyridine rings is 1. The van der Waals surface area contributed by atoms with E-state index >= 15 is 0 Å². The number of hydrogen-bond donors (Lipinski definition) is 0. The number of rotatable bonds is 2. The van der Waals surface area contributed by atoms with Crippen molar-refractivity contribution in [1.29, 1.82) is 0 Å². The maximum atomic E-state index is 12.7. The van der Waals surface area contributed by atoms with E-state index in [1.807, 2.05) is 30.0 Å². The van der Waals surface area contributed by atoms with Crippen molar-refractivity contribution < 1.29 is 9.53 Å². The zero-order valence-corrected chi connectivity index (χ0v) is 15.0. The first kappa shape index (κ1) is 16.9. The van der Waals surface area contributed by atoms with Crippen LogP contribution in [0.5, 0.6) is 0 Å². The lowest BCUT2D eigenvalue weighted by molar-refractivity contribution is -0.111. The lowest BCUT2D eigenvalue weighted by Gasteiger charge is -2.47. The van der Waals surface area contributed by atoms with Crippen LogP contribution < -0.4 is 4.90 Å². The molecule has 0 saturated carbocycles. The fourth-order valence-corrected chi connectivity index (χ4v) is 3.70. The molecule has 2 aliphatic rings. The van der Waals surface area contributed by atoms with Gasteiger partial charge >= 0.3 is 0 Å². The van der Waals surface area contributed by atoms with Crippen molar-refractivity contribution in [3.05, 3.63) is 47.9 Å². The lowest BCUT2D eigenvalue weighted by Crippen LogP contribution is -2.58. The Morgan fingerprint density at radius 3 is 2.69 bits per heavy atom. The van der Waals surface area contributed by atoms with Gasteiger partial charge in [0.15, 0.2) is 5.82 Å². The lowest BCUT2D eigenvalue weighted by atomic mass is 9.89. The van der Waals surface area contributed by atoms with Gasteiger partial charge in [0.25, 0.3) is 5.91 Å². The second-order valence-electron chi connectivity index (χ2n) is 7.02. The zero-order chi connectivity index (χ0) is 18.0. The molecule has 7 heteroatoms. The van der Waals surface area contributed by atoms with Gasteiger partial charge in [0.1, 0.15) is 0 Å². The third-order valence-electron chi connectivity index (χ3n) is 5.23. The molecule has 2 aromatic heterocycles. The highest BCUT2D eigenvalue weighted by Crippen LogP contribution is 2.32. The van der Waals surface area contributed by atoms with Gasteiger partial charge in [0.05, 0.1) is 30.0 Å². The molecule has 2 fully saturated rings. The van der Waals surface area contributed by atoms with E-state index in [0.29, 0.717) is 25.3 Å². The number of ether oxygens (including phenoxy) is 1. The fourth-order valence-electron chi connectivity index (χ4n) is 3.70. The molecule has 136 valence electrons. The molecule has 0 N–H and O–H groups in total. The summed E-state index contributed by atoms with van der Waals surface area (Å²) in [5, 5.41) is 8.43. The molecule has 0 aromatic carbocycles. The number of hydrogen-bond acceptors (Lipinski definition) is 6. The zero-order valence-electron chi connectivity index (χ0n) is 15.0. The van der Waals surface area contributed by atoms with Gasteiger partial charge in [-0.3, -0.25) is 9.78 Å². The molecule has 4 heterocycles. The molecular weight excluding hydrogens is 330 g/mol. The van der Waals surface area contributed by atoms with Crippen molar-refractivity contribution >= 4 is 11.7 Å². The van der Waals surface area contributed by atoms with E-state index in [9.17, 15) is 4.79 Å². The normalized spacial score (nSPS) is 19.6. The van der Waals surface area contributed by atoms with Gasteiger partial charge < -0.3 is 14.5 Å². The molecular formula is C19H23N5O2. The first-order valence-electron chi connectivity index (χ1n) is 9.04. The van der Waals surface area contributed by atoms with Gasteiger partial charge in [-0.25, -0.2) is 0 Å². The number of carbonyl (C=O) groups excluding carboxylic acids is 1. The topological polar surface area (TPSA) is 71.5 Å². The molecule has 2 aliphatic heterocycles. The number of morpholine rings is 1. The second-order valence-corrected chi connectivity index (χ2v) is 7.02. The van der Waals surface area contributed by atoms with Gasteiger partial charge in [0.2, 0.25) is 0 Å². The van der Waals surface area contributed by atoms with E-state index in [1.54, 1.807) is 18.5 Å². The van der Waals surface area contributed by atoms with Crippen LogP contribution in [0.1, 0.15) is 28.9 Å². The van der Waals surface area contributed by atoms with Gasteiger partial charge in [0, 0.05) is 32.0 Å². The number of aryl methyl sites for hydroxylation is 1. The van der Waals surface area contributed by atoms with Crippen LogP contribution in [0.2, 0.25) is 0 Å². The summed E-state index contributed by atoms with van der Waals surface area (Å²) in [5.41, 5.74) is 1.30. The average molecular weight is 353 g/mol. The Kier molecular flexibility index (Phi) is 4.55. The maximum absolute atomic E-state index is 12.7. The molecule has 0 unspecified atom stereocenters. The number of nitrogens with zero attached hydrogens (tertiary/aromatic N) is 5. The number of anilines is 1. The van der Waals surface area contributed by atoms with Crippen LogP contribution in [0.4, 0.5) is 5.82 Å². The molecule has 26 heavy (non-hydrogen) atoms. The maximum Gasteiger partial charge on any atom is 0.255 e.